The monoisotopic (exact) mass is 309 g/mol. The van der Waals surface area contributed by atoms with Crippen LogP contribution in [0, 0.1) is 12.7 Å². The van der Waals surface area contributed by atoms with Gasteiger partial charge in [-0.05, 0) is 42.3 Å². The lowest BCUT2D eigenvalue weighted by atomic mass is 10.1. The molecule has 5 heteroatoms. The molecule has 0 atom stereocenters. The highest BCUT2D eigenvalue weighted by Crippen LogP contribution is 2.20. The van der Waals surface area contributed by atoms with E-state index in [1.54, 1.807) is 24.4 Å². The quantitative estimate of drug-likeness (QED) is 0.762. The Hall–Kier alpha value is -2.95. The second-order valence-corrected chi connectivity index (χ2v) is 5.05. The van der Waals surface area contributed by atoms with Crippen molar-refractivity contribution in [3.05, 3.63) is 77.7 Å². The summed E-state index contributed by atoms with van der Waals surface area (Å²) >= 11 is 0. The molecule has 3 aromatic rings. The van der Waals surface area contributed by atoms with Crippen LogP contribution in [0.25, 0.3) is 0 Å². The van der Waals surface area contributed by atoms with Gasteiger partial charge in [0.2, 0.25) is 11.8 Å². The summed E-state index contributed by atoms with van der Waals surface area (Å²) in [6.45, 7) is 2.69. The van der Waals surface area contributed by atoms with Crippen molar-refractivity contribution in [2.45, 2.75) is 13.5 Å². The molecule has 0 radical (unpaired) electrons. The molecule has 23 heavy (non-hydrogen) atoms. The minimum absolute atomic E-state index is 0.305. The number of aromatic nitrogens is 2. The standard InChI is InChI=1S/C18H16FN3O/c1-13-4-2-3-5-14(13)12-21-18-20-11-10-17(22-18)23-16-8-6-15(19)7-9-16/h2-11H,12H2,1H3,(H,20,21,22). The van der Waals surface area contributed by atoms with Crippen LogP contribution in [0.15, 0.2) is 60.8 Å². The summed E-state index contributed by atoms with van der Waals surface area (Å²) < 4.78 is 18.5. The summed E-state index contributed by atoms with van der Waals surface area (Å²) in [4.78, 5) is 8.47. The van der Waals surface area contributed by atoms with Crippen LogP contribution in [-0.4, -0.2) is 9.97 Å². The molecule has 0 aliphatic carbocycles. The average molecular weight is 309 g/mol. The Kier molecular flexibility index (Phi) is 4.47. The van der Waals surface area contributed by atoms with Crippen molar-refractivity contribution in [3.8, 4) is 11.6 Å². The minimum atomic E-state index is -0.305. The van der Waals surface area contributed by atoms with Gasteiger partial charge in [0, 0.05) is 18.8 Å². The summed E-state index contributed by atoms with van der Waals surface area (Å²) in [6.07, 6.45) is 1.62. The predicted octanol–water partition coefficient (Wildman–Crippen LogP) is 4.33. The maximum atomic E-state index is 12.9. The molecule has 0 spiro atoms. The lowest BCUT2D eigenvalue weighted by molar-refractivity contribution is 0.460. The van der Waals surface area contributed by atoms with Gasteiger partial charge < -0.3 is 10.1 Å². The molecule has 0 fully saturated rings. The van der Waals surface area contributed by atoms with Crippen molar-refractivity contribution in [2.75, 3.05) is 5.32 Å². The molecular formula is C18H16FN3O. The fraction of sp³-hybridized carbons (Fsp3) is 0.111. The van der Waals surface area contributed by atoms with Crippen molar-refractivity contribution in [2.24, 2.45) is 0 Å². The van der Waals surface area contributed by atoms with E-state index < -0.39 is 0 Å². The van der Waals surface area contributed by atoms with Gasteiger partial charge in [-0.25, -0.2) is 9.37 Å². The molecule has 2 aromatic carbocycles. The molecule has 3 rings (SSSR count). The van der Waals surface area contributed by atoms with Crippen molar-refractivity contribution >= 4 is 5.95 Å². The van der Waals surface area contributed by atoms with E-state index in [0.29, 0.717) is 24.1 Å². The van der Waals surface area contributed by atoms with E-state index in [9.17, 15) is 4.39 Å². The third kappa shape index (κ3) is 4.03. The first-order valence-corrected chi connectivity index (χ1v) is 7.25. The van der Waals surface area contributed by atoms with E-state index in [-0.39, 0.29) is 5.82 Å². The first-order chi connectivity index (χ1) is 11.2. The summed E-state index contributed by atoms with van der Waals surface area (Å²) in [5.74, 6) is 1.10. The van der Waals surface area contributed by atoms with Crippen LogP contribution >= 0.6 is 0 Å². The van der Waals surface area contributed by atoms with Crippen LogP contribution < -0.4 is 10.1 Å². The van der Waals surface area contributed by atoms with Gasteiger partial charge in [-0.1, -0.05) is 24.3 Å². The number of nitrogens with zero attached hydrogens (tertiary/aromatic N) is 2. The minimum Gasteiger partial charge on any atom is -0.439 e. The van der Waals surface area contributed by atoms with Crippen molar-refractivity contribution in [1.82, 2.24) is 9.97 Å². The van der Waals surface area contributed by atoms with Gasteiger partial charge in [-0.15, -0.1) is 0 Å². The van der Waals surface area contributed by atoms with Gasteiger partial charge in [0.15, 0.2) is 0 Å². The predicted molar refractivity (Wildman–Crippen MR) is 87.0 cm³/mol. The van der Waals surface area contributed by atoms with Crippen LogP contribution in [0.5, 0.6) is 11.6 Å². The molecule has 0 aliphatic rings. The lowest BCUT2D eigenvalue weighted by Gasteiger charge is -2.09. The molecule has 4 nitrogen and oxygen atoms in total. The Balaban J connectivity index is 1.67. The second-order valence-electron chi connectivity index (χ2n) is 5.05. The van der Waals surface area contributed by atoms with E-state index in [4.69, 9.17) is 4.74 Å². The number of anilines is 1. The van der Waals surface area contributed by atoms with Crippen molar-refractivity contribution < 1.29 is 9.13 Å². The maximum absolute atomic E-state index is 12.9. The molecule has 0 saturated carbocycles. The van der Waals surface area contributed by atoms with Gasteiger partial charge in [0.25, 0.3) is 0 Å². The van der Waals surface area contributed by atoms with Gasteiger partial charge in [-0.2, -0.15) is 4.98 Å². The van der Waals surface area contributed by atoms with Gasteiger partial charge >= 0.3 is 0 Å². The van der Waals surface area contributed by atoms with Crippen molar-refractivity contribution in [1.29, 1.82) is 0 Å². The van der Waals surface area contributed by atoms with Crippen LogP contribution in [0.1, 0.15) is 11.1 Å². The Labute approximate surface area is 134 Å². The number of ether oxygens (including phenoxy) is 1. The topological polar surface area (TPSA) is 47.0 Å². The van der Waals surface area contributed by atoms with Crippen LogP contribution in [0.4, 0.5) is 10.3 Å². The normalized spacial score (nSPS) is 10.3. The highest BCUT2D eigenvalue weighted by Gasteiger charge is 2.03. The summed E-state index contributed by atoms with van der Waals surface area (Å²) in [5.41, 5.74) is 2.39. The molecule has 0 bridgehead atoms. The van der Waals surface area contributed by atoms with E-state index >= 15 is 0 Å². The Morgan fingerprint density at radius 3 is 2.61 bits per heavy atom. The number of hydrogen-bond acceptors (Lipinski definition) is 4. The van der Waals surface area contributed by atoms with Crippen LogP contribution in [0.2, 0.25) is 0 Å². The van der Waals surface area contributed by atoms with Gasteiger partial charge in [-0.3, -0.25) is 0 Å². The SMILES string of the molecule is Cc1ccccc1CNc1nccc(Oc2ccc(F)cc2)n1. The van der Waals surface area contributed by atoms with E-state index in [0.717, 1.165) is 0 Å². The number of nitrogens with one attached hydrogen (secondary N) is 1. The number of benzene rings is 2. The summed E-state index contributed by atoms with van der Waals surface area (Å²) in [5, 5.41) is 3.17. The molecule has 116 valence electrons. The van der Waals surface area contributed by atoms with Gasteiger partial charge in [0.05, 0.1) is 0 Å². The Morgan fingerprint density at radius 1 is 1.04 bits per heavy atom. The highest BCUT2D eigenvalue weighted by molar-refractivity contribution is 5.34. The molecule has 1 aromatic heterocycles. The zero-order chi connectivity index (χ0) is 16.1. The molecule has 0 saturated heterocycles. The lowest BCUT2D eigenvalue weighted by Crippen LogP contribution is -2.05. The zero-order valence-corrected chi connectivity index (χ0v) is 12.7. The molecule has 0 aliphatic heterocycles. The third-order valence-electron chi connectivity index (χ3n) is 3.36. The maximum Gasteiger partial charge on any atom is 0.226 e. The van der Waals surface area contributed by atoms with E-state index in [2.05, 4.69) is 34.3 Å². The highest BCUT2D eigenvalue weighted by atomic mass is 19.1. The second kappa shape index (κ2) is 6.87. The van der Waals surface area contributed by atoms with E-state index in [1.165, 1.54) is 23.3 Å². The molecule has 0 unspecified atom stereocenters. The smallest absolute Gasteiger partial charge is 0.226 e. The van der Waals surface area contributed by atoms with E-state index in [1.807, 2.05) is 12.1 Å². The summed E-state index contributed by atoms with van der Waals surface area (Å²) in [7, 11) is 0. The van der Waals surface area contributed by atoms with Crippen LogP contribution in [-0.2, 0) is 6.54 Å². The van der Waals surface area contributed by atoms with Gasteiger partial charge in [0.1, 0.15) is 11.6 Å². The first kappa shape index (κ1) is 15.0. The Bertz CT molecular complexity index is 790. The number of rotatable bonds is 5. The fourth-order valence-electron chi connectivity index (χ4n) is 2.09. The average Bonchev–Trinajstić information content (AvgIpc) is 2.57. The molecule has 1 heterocycles. The zero-order valence-electron chi connectivity index (χ0n) is 12.7. The summed E-state index contributed by atoms with van der Waals surface area (Å²) in [6, 6.07) is 15.6. The third-order valence-corrected chi connectivity index (χ3v) is 3.36. The fourth-order valence-corrected chi connectivity index (χ4v) is 2.09. The molecular weight excluding hydrogens is 293 g/mol. The number of aryl methyl sites for hydroxylation is 1. The Morgan fingerprint density at radius 2 is 1.83 bits per heavy atom. The van der Waals surface area contributed by atoms with Crippen LogP contribution in [0.3, 0.4) is 0 Å². The molecule has 1 N–H and O–H groups in total. The molecule has 0 amide bonds. The van der Waals surface area contributed by atoms with Crippen molar-refractivity contribution in [3.63, 3.8) is 0 Å². The first-order valence-electron chi connectivity index (χ1n) is 7.25. The number of hydrogen-bond donors (Lipinski definition) is 1. The largest absolute Gasteiger partial charge is 0.439 e. The number of halogens is 1.